The van der Waals surface area contributed by atoms with E-state index in [1.54, 1.807) is 4.90 Å². The maximum absolute atomic E-state index is 12.4. The number of aliphatic hydroxyl groups is 1. The van der Waals surface area contributed by atoms with Gasteiger partial charge in [0.25, 0.3) is 0 Å². The van der Waals surface area contributed by atoms with Crippen LogP contribution in [0.15, 0.2) is 30.3 Å². The topological polar surface area (TPSA) is 64.6 Å². The van der Waals surface area contributed by atoms with Crippen LogP contribution < -0.4 is 10.6 Å². The van der Waals surface area contributed by atoms with Crippen molar-refractivity contribution in [3.63, 3.8) is 0 Å². The predicted octanol–water partition coefficient (Wildman–Crippen LogP) is 0.557. The van der Waals surface area contributed by atoms with Crippen LogP contribution >= 0.6 is 12.2 Å². The first-order valence-electron chi connectivity index (χ1n) is 7.20. The predicted molar refractivity (Wildman–Crippen MR) is 83.7 cm³/mol. The molecule has 3 N–H and O–H groups in total. The molecule has 2 saturated heterocycles. The molecule has 0 spiro atoms. The highest BCUT2D eigenvalue weighted by Gasteiger charge is 2.33. The lowest BCUT2D eigenvalue weighted by Gasteiger charge is -2.35. The van der Waals surface area contributed by atoms with Gasteiger partial charge < -0.3 is 15.7 Å². The van der Waals surface area contributed by atoms with Crippen molar-refractivity contribution in [3.8, 4) is 0 Å². The first-order valence-corrected chi connectivity index (χ1v) is 7.61. The lowest BCUT2D eigenvalue weighted by atomic mass is 10.0. The van der Waals surface area contributed by atoms with Crippen molar-refractivity contribution in [2.45, 2.75) is 31.0 Å². The summed E-state index contributed by atoms with van der Waals surface area (Å²) >= 11 is 5.35. The molecule has 1 amide bonds. The van der Waals surface area contributed by atoms with Crippen LogP contribution in [0.2, 0.25) is 0 Å². The summed E-state index contributed by atoms with van der Waals surface area (Å²) in [5.74, 6) is 0.0378. The number of carbonyl (C=O) groups excluding carboxylic acids is 1. The van der Waals surface area contributed by atoms with E-state index in [1.807, 2.05) is 30.3 Å². The Kier molecular flexibility index (Phi) is 4.19. The number of β-amino-alcohol motifs (C(OH)–C–C–N with tert-alkyl or cyclic N) is 1. The van der Waals surface area contributed by atoms with Crippen LogP contribution in [-0.2, 0) is 4.79 Å². The number of nitrogens with one attached hydrogen (secondary N) is 2. The molecule has 0 aliphatic carbocycles. The van der Waals surface area contributed by atoms with E-state index in [1.165, 1.54) is 0 Å². The molecule has 2 fully saturated rings. The zero-order valence-electron chi connectivity index (χ0n) is 11.7. The fourth-order valence-electron chi connectivity index (χ4n) is 2.90. The zero-order valence-corrected chi connectivity index (χ0v) is 12.5. The molecule has 1 aromatic rings. The molecule has 3 atom stereocenters. The first kappa shape index (κ1) is 14.4. The molecule has 0 unspecified atom stereocenters. The average molecular weight is 305 g/mol. The number of benzene rings is 1. The lowest BCUT2D eigenvalue weighted by molar-refractivity contribution is -0.129. The molecule has 6 heteroatoms. The third-order valence-corrected chi connectivity index (χ3v) is 4.36. The highest BCUT2D eigenvalue weighted by molar-refractivity contribution is 7.80. The van der Waals surface area contributed by atoms with Crippen molar-refractivity contribution in [1.29, 1.82) is 0 Å². The molecule has 21 heavy (non-hydrogen) atoms. The number of carbonyl (C=O) groups is 1. The van der Waals surface area contributed by atoms with Gasteiger partial charge >= 0.3 is 0 Å². The quantitative estimate of drug-likeness (QED) is 0.712. The van der Waals surface area contributed by atoms with E-state index in [-0.39, 0.29) is 24.1 Å². The first-order chi connectivity index (χ1) is 10.1. The molecule has 0 bridgehead atoms. The molecule has 1 aromatic carbocycles. The number of aliphatic hydroxyl groups excluding tert-OH is 1. The fourth-order valence-corrected chi connectivity index (χ4v) is 3.22. The van der Waals surface area contributed by atoms with Gasteiger partial charge in [0.15, 0.2) is 5.11 Å². The number of nitrogens with zero attached hydrogens (tertiary/aromatic N) is 1. The monoisotopic (exact) mass is 305 g/mol. The van der Waals surface area contributed by atoms with E-state index in [0.717, 1.165) is 5.56 Å². The normalized spacial score (nSPS) is 29.6. The average Bonchev–Trinajstić information content (AvgIpc) is 2.89. The summed E-state index contributed by atoms with van der Waals surface area (Å²) in [6.45, 7) is 1.10. The van der Waals surface area contributed by atoms with Crippen LogP contribution in [-0.4, -0.2) is 46.3 Å². The van der Waals surface area contributed by atoms with Gasteiger partial charge in [0.05, 0.1) is 18.6 Å². The van der Waals surface area contributed by atoms with E-state index in [0.29, 0.717) is 31.0 Å². The number of hydrogen-bond donors (Lipinski definition) is 3. The number of rotatable bonds is 3. The summed E-state index contributed by atoms with van der Waals surface area (Å²) in [7, 11) is 0. The molecule has 2 aliphatic heterocycles. The van der Waals surface area contributed by atoms with Crippen LogP contribution in [0.5, 0.6) is 0 Å². The lowest BCUT2D eigenvalue weighted by Crippen LogP contribution is -2.54. The molecule has 0 radical (unpaired) electrons. The van der Waals surface area contributed by atoms with Crippen LogP contribution in [0.4, 0.5) is 0 Å². The Balaban J connectivity index is 1.65. The molecule has 112 valence electrons. The van der Waals surface area contributed by atoms with Gasteiger partial charge in [-0.25, -0.2) is 0 Å². The zero-order chi connectivity index (χ0) is 14.8. The summed E-state index contributed by atoms with van der Waals surface area (Å²) in [5.41, 5.74) is 1.07. The summed E-state index contributed by atoms with van der Waals surface area (Å²) in [6, 6.07) is 9.93. The summed E-state index contributed by atoms with van der Waals surface area (Å²) in [5, 5.41) is 16.5. The molecular weight excluding hydrogens is 286 g/mol. The molecule has 3 rings (SSSR count). The molecular formula is C15H19N3O2S. The van der Waals surface area contributed by atoms with Crippen molar-refractivity contribution in [1.82, 2.24) is 15.5 Å². The standard InChI is InChI=1S/C15H19N3O2S/c19-12-6-11(16-8-12)9-18-14(20)7-13(17-15(18)21)10-4-2-1-3-5-10/h1-5,11-13,16,19H,6-9H2,(H,17,21)/t11-,12+,13-/m0/s1. The van der Waals surface area contributed by atoms with Crippen molar-refractivity contribution in [2.24, 2.45) is 0 Å². The van der Waals surface area contributed by atoms with Gasteiger partial charge in [-0.15, -0.1) is 0 Å². The fraction of sp³-hybridized carbons (Fsp3) is 0.467. The van der Waals surface area contributed by atoms with Crippen LogP contribution in [0, 0.1) is 0 Å². The minimum Gasteiger partial charge on any atom is -0.392 e. The molecule has 2 aliphatic rings. The van der Waals surface area contributed by atoms with Crippen LogP contribution in [0.1, 0.15) is 24.4 Å². The third-order valence-electron chi connectivity index (χ3n) is 4.03. The Bertz CT molecular complexity index is 519. The van der Waals surface area contributed by atoms with Crippen LogP contribution in [0.25, 0.3) is 0 Å². The minimum absolute atomic E-state index is 0.0378. The van der Waals surface area contributed by atoms with E-state index >= 15 is 0 Å². The van der Waals surface area contributed by atoms with Crippen molar-refractivity contribution >= 4 is 23.2 Å². The summed E-state index contributed by atoms with van der Waals surface area (Å²) in [6.07, 6.45) is 0.738. The Morgan fingerprint density at radius 1 is 1.33 bits per heavy atom. The second-order valence-corrected chi connectivity index (χ2v) is 6.00. The van der Waals surface area contributed by atoms with Gasteiger partial charge in [-0.05, 0) is 24.2 Å². The van der Waals surface area contributed by atoms with Crippen molar-refractivity contribution < 1.29 is 9.90 Å². The summed E-state index contributed by atoms with van der Waals surface area (Å²) < 4.78 is 0. The van der Waals surface area contributed by atoms with Gasteiger partial charge in [0, 0.05) is 19.1 Å². The SMILES string of the molecule is O=C1C[C@@H](c2ccccc2)NC(=S)N1C[C@@H]1C[C@@H](O)CN1. The molecule has 0 aromatic heterocycles. The third kappa shape index (κ3) is 3.23. The minimum atomic E-state index is -0.325. The van der Waals surface area contributed by atoms with E-state index in [4.69, 9.17) is 12.2 Å². The highest BCUT2D eigenvalue weighted by Crippen LogP contribution is 2.23. The Morgan fingerprint density at radius 3 is 2.71 bits per heavy atom. The van der Waals surface area contributed by atoms with Crippen molar-refractivity contribution in [3.05, 3.63) is 35.9 Å². The Labute approximate surface area is 129 Å². The number of amides is 1. The Morgan fingerprint density at radius 2 is 2.10 bits per heavy atom. The molecule has 0 saturated carbocycles. The maximum Gasteiger partial charge on any atom is 0.231 e. The second-order valence-electron chi connectivity index (χ2n) is 5.62. The number of thiocarbonyl (C=S) groups is 1. The number of hydrogen-bond acceptors (Lipinski definition) is 4. The second kappa shape index (κ2) is 6.09. The maximum atomic E-state index is 12.4. The summed E-state index contributed by atoms with van der Waals surface area (Å²) in [4.78, 5) is 14.0. The van der Waals surface area contributed by atoms with Crippen LogP contribution in [0.3, 0.4) is 0 Å². The molecule has 2 heterocycles. The van der Waals surface area contributed by atoms with Gasteiger partial charge in [-0.3, -0.25) is 9.69 Å². The van der Waals surface area contributed by atoms with Crippen molar-refractivity contribution in [2.75, 3.05) is 13.1 Å². The van der Waals surface area contributed by atoms with Gasteiger partial charge in [-0.2, -0.15) is 0 Å². The van der Waals surface area contributed by atoms with E-state index in [9.17, 15) is 9.90 Å². The van der Waals surface area contributed by atoms with Gasteiger partial charge in [0.2, 0.25) is 5.91 Å². The highest BCUT2D eigenvalue weighted by atomic mass is 32.1. The Hall–Kier alpha value is -1.50. The smallest absolute Gasteiger partial charge is 0.231 e. The van der Waals surface area contributed by atoms with E-state index in [2.05, 4.69) is 10.6 Å². The largest absolute Gasteiger partial charge is 0.392 e. The van der Waals surface area contributed by atoms with Gasteiger partial charge in [-0.1, -0.05) is 30.3 Å². The van der Waals surface area contributed by atoms with Gasteiger partial charge in [0.1, 0.15) is 0 Å². The molecule has 5 nitrogen and oxygen atoms in total. The van der Waals surface area contributed by atoms with E-state index < -0.39 is 0 Å².